The average molecular weight is 367 g/mol. The molecule has 6 heteroatoms. The number of fused-ring (bicyclic) bond motifs is 2. The lowest BCUT2D eigenvalue weighted by Crippen LogP contribution is -2.02. The second kappa shape index (κ2) is 6.28. The Morgan fingerprint density at radius 3 is 2.18 bits per heavy atom. The SMILES string of the molecule is O=c1[nH]c2c(-c3nnc(-c4ccccc4)o3)cccc2c(=O)c2ccccc12. The normalized spacial score (nSPS) is 11.1. The molecule has 0 atom stereocenters. The summed E-state index contributed by atoms with van der Waals surface area (Å²) in [6.07, 6.45) is 0. The zero-order chi connectivity index (χ0) is 19.1. The lowest BCUT2D eigenvalue weighted by atomic mass is 10.1. The Kier molecular flexibility index (Phi) is 3.62. The second-order valence-corrected chi connectivity index (χ2v) is 6.34. The molecule has 28 heavy (non-hydrogen) atoms. The highest BCUT2D eigenvalue weighted by atomic mass is 16.4. The molecule has 5 rings (SSSR count). The molecule has 3 aromatic carbocycles. The molecule has 6 nitrogen and oxygen atoms in total. The third-order valence-corrected chi connectivity index (χ3v) is 4.64. The van der Waals surface area contributed by atoms with Crippen LogP contribution < -0.4 is 11.0 Å². The average Bonchev–Trinajstić information content (AvgIpc) is 3.20. The molecule has 0 radical (unpaired) electrons. The molecule has 0 aliphatic rings. The van der Waals surface area contributed by atoms with Gasteiger partial charge in [-0.05, 0) is 30.3 Å². The lowest BCUT2D eigenvalue weighted by molar-refractivity contribution is 0.585. The Hall–Kier alpha value is -4.06. The number of H-pyrrole nitrogens is 1. The Labute approximate surface area is 158 Å². The van der Waals surface area contributed by atoms with Crippen LogP contribution >= 0.6 is 0 Å². The van der Waals surface area contributed by atoms with Gasteiger partial charge in [0, 0.05) is 16.3 Å². The molecule has 0 saturated heterocycles. The van der Waals surface area contributed by atoms with E-state index in [1.54, 1.807) is 42.5 Å². The minimum Gasteiger partial charge on any atom is -0.416 e. The molecule has 2 heterocycles. The fraction of sp³-hybridized carbons (Fsp3) is 0. The van der Waals surface area contributed by atoms with Gasteiger partial charge in [-0.1, -0.05) is 42.5 Å². The molecule has 0 spiro atoms. The predicted octanol–water partition coefficient (Wildman–Crippen LogP) is 3.76. The van der Waals surface area contributed by atoms with E-state index in [1.807, 2.05) is 30.3 Å². The maximum absolute atomic E-state index is 13.0. The molecular formula is C22H13N3O3. The Balaban J connectivity index is 1.82. The zero-order valence-corrected chi connectivity index (χ0v) is 14.5. The Morgan fingerprint density at radius 2 is 1.36 bits per heavy atom. The highest BCUT2D eigenvalue weighted by Crippen LogP contribution is 2.27. The van der Waals surface area contributed by atoms with Crippen molar-refractivity contribution in [3.05, 3.63) is 93.4 Å². The molecular weight excluding hydrogens is 354 g/mol. The number of aromatic nitrogens is 3. The van der Waals surface area contributed by atoms with Gasteiger partial charge in [0.25, 0.3) is 5.56 Å². The molecule has 0 amide bonds. The van der Waals surface area contributed by atoms with E-state index >= 15 is 0 Å². The third kappa shape index (κ3) is 2.51. The summed E-state index contributed by atoms with van der Waals surface area (Å²) < 4.78 is 5.83. The van der Waals surface area contributed by atoms with E-state index in [4.69, 9.17) is 4.42 Å². The summed E-state index contributed by atoms with van der Waals surface area (Å²) in [5.41, 5.74) is 1.08. The van der Waals surface area contributed by atoms with Crippen LogP contribution in [-0.2, 0) is 0 Å². The molecule has 0 fully saturated rings. The second-order valence-electron chi connectivity index (χ2n) is 6.34. The number of benzene rings is 3. The van der Waals surface area contributed by atoms with Crippen LogP contribution in [0.25, 0.3) is 44.6 Å². The maximum atomic E-state index is 13.0. The summed E-state index contributed by atoms with van der Waals surface area (Å²) in [4.78, 5) is 28.6. The first-order chi connectivity index (χ1) is 13.7. The van der Waals surface area contributed by atoms with Crippen molar-refractivity contribution in [1.82, 2.24) is 15.2 Å². The molecule has 2 aromatic heterocycles. The summed E-state index contributed by atoms with van der Waals surface area (Å²) in [5, 5.41) is 9.31. The zero-order valence-electron chi connectivity index (χ0n) is 14.5. The van der Waals surface area contributed by atoms with E-state index in [2.05, 4.69) is 15.2 Å². The molecule has 0 unspecified atom stereocenters. The summed E-state index contributed by atoms with van der Waals surface area (Å²) >= 11 is 0. The Morgan fingerprint density at radius 1 is 0.679 bits per heavy atom. The van der Waals surface area contributed by atoms with Crippen molar-refractivity contribution < 1.29 is 4.42 Å². The van der Waals surface area contributed by atoms with Gasteiger partial charge >= 0.3 is 0 Å². The summed E-state index contributed by atoms with van der Waals surface area (Å²) in [6, 6.07) is 21.3. The molecule has 0 saturated carbocycles. The molecule has 0 bridgehead atoms. The smallest absolute Gasteiger partial charge is 0.256 e. The molecule has 134 valence electrons. The van der Waals surface area contributed by atoms with E-state index in [1.165, 1.54) is 0 Å². The lowest BCUT2D eigenvalue weighted by Gasteiger charge is -1.99. The van der Waals surface area contributed by atoms with E-state index < -0.39 is 0 Å². The van der Waals surface area contributed by atoms with Gasteiger partial charge in [0.2, 0.25) is 11.8 Å². The van der Waals surface area contributed by atoms with Crippen LogP contribution in [0.5, 0.6) is 0 Å². The number of hydrogen-bond acceptors (Lipinski definition) is 5. The first kappa shape index (κ1) is 16.1. The molecule has 1 N–H and O–H groups in total. The number of nitrogens with zero attached hydrogens (tertiary/aromatic N) is 2. The fourth-order valence-electron chi connectivity index (χ4n) is 3.29. The van der Waals surface area contributed by atoms with E-state index in [9.17, 15) is 9.59 Å². The molecule has 0 aliphatic heterocycles. The predicted molar refractivity (Wildman–Crippen MR) is 107 cm³/mol. The van der Waals surface area contributed by atoms with Crippen LogP contribution in [-0.4, -0.2) is 15.2 Å². The van der Waals surface area contributed by atoms with Gasteiger partial charge in [-0.2, -0.15) is 0 Å². The van der Waals surface area contributed by atoms with Gasteiger partial charge < -0.3 is 9.40 Å². The summed E-state index contributed by atoms with van der Waals surface area (Å²) in [6.45, 7) is 0. The van der Waals surface area contributed by atoms with E-state index in [-0.39, 0.29) is 16.9 Å². The van der Waals surface area contributed by atoms with Gasteiger partial charge in [-0.25, -0.2) is 0 Å². The van der Waals surface area contributed by atoms with Gasteiger partial charge in [0.05, 0.1) is 16.5 Å². The first-order valence-electron chi connectivity index (χ1n) is 8.70. The standard InChI is InChI=1S/C22H13N3O3/c26-19-14-9-4-5-10-15(14)20(27)23-18-16(19)11-6-12-17(18)22-25-24-21(28-22)13-7-2-1-3-8-13/h1-12H,(H,23,27). The number of aromatic amines is 1. The van der Waals surface area contributed by atoms with Crippen LogP contribution in [0.4, 0.5) is 0 Å². The number of rotatable bonds is 2. The van der Waals surface area contributed by atoms with Crippen LogP contribution in [0.1, 0.15) is 0 Å². The van der Waals surface area contributed by atoms with Gasteiger partial charge in [-0.15, -0.1) is 10.2 Å². The quantitative estimate of drug-likeness (QED) is 0.513. The number of nitrogens with one attached hydrogen (secondary N) is 1. The van der Waals surface area contributed by atoms with E-state index in [0.29, 0.717) is 33.1 Å². The topological polar surface area (TPSA) is 88.8 Å². The van der Waals surface area contributed by atoms with Gasteiger partial charge in [0.1, 0.15) is 0 Å². The molecule has 0 aliphatic carbocycles. The number of para-hydroxylation sites is 1. The van der Waals surface area contributed by atoms with Crippen molar-refractivity contribution in [2.45, 2.75) is 0 Å². The summed E-state index contributed by atoms with van der Waals surface area (Å²) in [5.74, 6) is 0.595. The number of hydrogen-bond donors (Lipinski definition) is 1. The van der Waals surface area contributed by atoms with Gasteiger partial charge in [0.15, 0.2) is 5.43 Å². The van der Waals surface area contributed by atoms with Gasteiger partial charge in [-0.3, -0.25) is 9.59 Å². The Bertz CT molecular complexity index is 1450. The van der Waals surface area contributed by atoms with E-state index in [0.717, 1.165) is 5.56 Å². The summed E-state index contributed by atoms with van der Waals surface area (Å²) in [7, 11) is 0. The van der Waals surface area contributed by atoms with Crippen molar-refractivity contribution in [3.8, 4) is 22.9 Å². The largest absolute Gasteiger partial charge is 0.416 e. The van der Waals surface area contributed by atoms with Crippen molar-refractivity contribution >= 4 is 21.7 Å². The van der Waals surface area contributed by atoms with Crippen molar-refractivity contribution in [3.63, 3.8) is 0 Å². The van der Waals surface area contributed by atoms with Crippen molar-refractivity contribution in [2.24, 2.45) is 0 Å². The van der Waals surface area contributed by atoms with Crippen molar-refractivity contribution in [2.75, 3.05) is 0 Å². The van der Waals surface area contributed by atoms with Crippen molar-refractivity contribution in [1.29, 1.82) is 0 Å². The van der Waals surface area contributed by atoms with Crippen LogP contribution in [0, 0.1) is 0 Å². The van der Waals surface area contributed by atoms with Crippen LogP contribution in [0.3, 0.4) is 0 Å². The maximum Gasteiger partial charge on any atom is 0.256 e. The third-order valence-electron chi connectivity index (χ3n) is 4.64. The molecule has 5 aromatic rings. The monoisotopic (exact) mass is 367 g/mol. The minimum absolute atomic E-state index is 0.228. The first-order valence-corrected chi connectivity index (χ1v) is 8.70. The highest BCUT2D eigenvalue weighted by molar-refractivity contribution is 5.96. The highest BCUT2D eigenvalue weighted by Gasteiger charge is 2.15. The fourth-order valence-corrected chi connectivity index (χ4v) is 3.29. The van der Waals surface area contributed by atoms with Crippen LogP contribution in [0.15, 0.2) is 86.8 Å². The van der Waals surface area contributed by atoms with Crippen LogP contribution in [0.2, 0.25) is 0 Å². The minimum atomic E-state index is -0.349.